The van der Waals surface area contributed by atoms with Gasteiger partial charge in [-0.05, 0) is 0 Å². The summed E-state index contributed by atoms with van der Waals surface area (Å²) in [5.41, 5.74) is 0. The van der Waals surface area contributed by atoms with Crippen molar-refractivity contribution in [2.75, 3.05) is 0 Å². The standard InChI is InChI=1S/C9H12O3/c1-2-6-7(3-4-10)9(12)5-8(6)11/h2,4,6-8,11H,1,3,5H2/t6-,7-,8-/m1/s1. The van der Waals surface area contributed by atoms with Crippen LogP contribution in [0.25, 0.3) is 0 Å². The molecule has 0 unspecified atom stereocenters. The molecule has 0 bridgehead atoms. The first-order chi connectivity index (χ1) is 5.70. The molecule has 66 valence electrons. The summed E-state index contributed by atoms with van der Waals surface area (Å²) in [7, 11) is 0. The third kappa shape index (κ3) is 1.46. The fourth-order valence-corrected chi connectivity index (χ4v) is 1.69. The summed E-state index contributed by atoms with van der Waals surface area (Å²) >= 11 is 0. The molecule has 1 fully saturated rings. The van der Waals surface area contributed by atoms with Gasteiger partial charge in [-0.2, -0.15) is 0 Å². The molecule has 0 radical (unpaired) electrons. The average Bonchev–Trinajstić information content (AvgIpc) is 2.28. The van der Waals surface area contributed by atoms with Gasteiger partial charge in [-0.3, -0.25) is 4.79 Å². The first-order valence-corrected chi connectivity index (χ1v) is 3.97. The molecule has 1 rings (SSSR count). The van der Waals surface area contributed by atoms with Gasteiger partial charge in [0.25, 0.3) is 0 Å². The molecule has 0 aromatic heterocycles. The van der Waals surface area contributed by atoms with Crippen molar-refractivity contribution >= 4 is 12.1 Å². The zero-order chi connectivity index (χ0) is 9.14. The lowest BCUT2D eigenvalue weighted by atomic mass is 9.92. The zero-order valence-corrected chi connectivity index (χ0v) is 6.77. The molecule has 0 aromatic rings. The molecule has 1 N–H and O–H groups in total. The van der Waals surface area contributed by atoms with Crippen molar-refractivity contribution in [2.24, 2.45) is 11.8 Å². The van der Waals surface area contributed by atoms with Gasteiger partial charge in [-0.15, -0.1) is 6.58 Å². The molecule has 0 aromatic carbocycles. The Morgan fingerprint density at radius 3 is 2.83 bits per heavy atom. The highest BCUT2D eigenvalue weighted by Gasteiger charge is 2.39. The molecular formula is C9H12O3. The lowest BCUT2D eigenvalue weighted by Gasteiger charge is -2.13. The maximum Gasteiger partial charge on any atom is 0.139 e. The topological polar surface area (TPSA) is 54.4 Å². The molecule has 3 atom stereocenters. The first-order valence-electron chi connectivity index (χ1n) is 3.97. The van der Waals surface area contributed by atoms with Crippen molar-refractivity contribution < 1.29 is 14.7 Å². The summed E-state index contributed by atoms with van der Waals surface area (Å²) in [5, 5.41) is 9.35. The summed E-state index contributed by atoms with van der Waals surface area (Å²) in [4.78, 5) is 21.4. The van der Waals surface area contributed by atoms with Crippen molar-refractivity contribution in [3.63, 3.8) is 0 Å². The predicted molar refractivity (Wildman–Crippen MR) is 43.5 cm³/mol. The SMILES string of the molecule is C=C[C@H]1[C@H](O)CC(=O)[C@@H]1CC=O. The Hall–Kier alpha value is -0.960. The monoisotopic (exact) mass is 168 g/mol. The van der Waals surface area contributed by atoms with Crippen LogP contribution in [0.3, 0.4) is 0 Å². The van der Waals surface area contributed by atoms with Crippen LogP contribution in [-0.4, -0.2) is 23.3 Å². The lowest BCUT2D eigenvalue weighted by Crippen LogP contribution is -2.18. The van der Waals surface area contributed by atoms with Crippen LogP contribution in [0, 0.1) is 11.8 Å². The normalized spacial score (nSPS) is 35.1. The molecule has 0 spiro atoms. The molecule has 12 heavy (non-hydrogen) atoms. The van der Waals surface area contributed by atoms with Crippen molar-refractivity contribution in [3.8, 4) is 0 Å². The van der Waals surface area contributed by atoms with E-state index < -0.39 is 6.10 Å². The summed E-state index contributed by atoms with van der Waals surface area (Å²) in [6, 6.07) is 0. The van der Waals surface area contributed by atoms with Gasteiger partial charge in [-0.1, -0.05) is 6.08 Å². The highest BCUT2D eigenvalue weighted by atomic mass is 16.3. The number of hydrogen-bond acceptors (Lipinski definition) is 3. The largest absolute Gasteiger partial charge is 0.392 e. The number of carbonyl (C=O) groups is 2. The molecule has 1 aliphatic rings. The average molecular weight is 168 g/mol. The van der Waals surface area contributed by atoms with E-state index in [1.54, 1.807) is 6.08 Å². The van der Waals surface area contributed by atoms with Crippen LogP contribution >= 0.6 is 0 Å². The van der Waals surface area contributed by atoms with E-state index in [1.807, 2.05) is 0 Å². The maximum absolute atomic E-state index is 11.2. The quantitative estimate of drug-likeness (QED) is 0.488. The third-order valence-corrected chi connectivity index (χ3v) is 2.36. The molecule has 1 saturated carbocycles. The molecular weight excluding hydrogens is 156 g/mol. The minimum atomic E-state index is -0.639. The molecule has 3 nitrogen and oxygen atoms in total. The van der Waals surface area contributed by atoms with E-state index in [9.17, 15) is 14.7 Å². The van der Waals surface area contributed by atoms with Gasteiger partial charge in [0.2, 0.25) is 0 Å². The first kappa shape index (κ1) is 9.13. The minimum Gasteiger partial charge on any atom is -0.392 e. The number of carbonyl (C=O) groups excluding carboxylic acids is 2. The number of hydrogen-bond donors (Lipinski definition) is 1. The van der Waals surface area contributed by atoms with Gasteiger partial charge in [0.1, 0.15) is 12.1 Å². The molecule has 1 aliphatic carbocycles. The number of aliphatic hydroxyl groups is 1. The number of ketones is 1. The zero-order valence-electron chi connectivity index (χ0n) is 6.77. The van der Waals surface area contributed by atoms with Crippen LogP contribution in [0.5, 0.6) is 0 Å². The van der Waals surface area contributed by atoms with Crippen LogP contribution in [-0.2, 0) is 9.59 Å². The summed E-state index contributed by atoms with van der Waals surface area (Å²) in [6.45, 7) is 3.53. The Labute approximate surface area is 71.1 Å². The van der Waals surface area contributed by atoms with Gasteiger partial charge >= 0.3 is 0 Å². The number of aldehydes is 1. The van der Waals surface area contributed by atoms with E-state index in [0.717, 1.165) is 6.29 Å². The lowest BCUT2D eigenvalue weighted by molar-refractivity contribution is -0.123. The Bertz CT molecular complexity index is 210. The van der Waals surface area contributed by atoms with E-state index in [4.69, 9.17) is 0 Å². The molecule has 0 heterocycles. The van der Waals surface area contributed by atoms with Crippen LogP contribution < -0.4 is 0 Å². The summed E-state index contributed by atoms with van der Waals surface area (Å²) in [6.07, 6.45) is 2.00. The molecule has 3 heteroatoms. The number of aliphatic hydroxyl groups excluding tert-OH is 1. The second-order valence-corrected chi connectivity index (χ2v) is 3.06. The highest BCUT2D eigenvalue weighted by molar-refractivity contribution is 5.86. The van der Waals surface area contributed by atoms with Crippen LogP contribution in [0.1, 0.15) is 12.8 Å². The van der Waals surface area contributed by atoms with Crippen molar-refractivity contribution in [2.45, 2.75) is 18.9 Å². The predicted octanol–water partition coefficient (Wildman–Crippen LogP) is 0.327. The van der Waals surface area contributed by atoms with E-state index in [1.165, 1.54) is 0 Å². The van der Waals surface area contributed by atoms with Gasteiger partial charge in [0, 0.05) is 24.7 Å². The highest BCUT2D eigenvalue weighted by Crippen LogP contribution is 2.31. The fourth-order valence-electron chi connectivity index (χ4n) is 1.69. The van der Waals surface area contributed by atoms with Crippen LogP contribution in [0.2, 0.25) is 0 Å². The van der Waals surface area contributed by atoms with E-state index in [-0.39, 0.29) is 30.5 Å². The Balaban J connectivity index is 2.73. The molecule has 0 aliphatic heterocycles. The summed E-state index contributed by atoms with van der Waals surface area (Å²) in [5.74, 6) is -0.600. The second kappa shape index (κ2) is 3.63. The number of Topliss-reactive ketones (excluding diaryl/α,β-unsaturated/α-hetero) is 1. The van der Waals surface area contributed by atoms with Crippen molar-refractivity contribution in [1.29, 1.82) is 0 Å². The van der Waals surface area contributed by atoms with Gasteiger partial charge < -0.3 is 9.90 Å². The maximum atomic E-state index is 11.2. The van der Waals surface area contributed by atoms with Crippen molar-refractivity contribution in [1.82, 2.24) is 0 Å². The molecule has 0 saturated heterocycles. The van der Waals surface area contributed by atoms with Gasteiger partial charge in [0.05, 0.1) is 6.10 Å². The number of rotatable bonds is 3. The van der Waals surface area contributed by atoms with E-state index in [0.29, 0.717) is 0 Å². The van der Waals surface area contributed by atoms with Crippen LogP contribution in [0.15, 0.2) is 12.7 Å². The Morgan fingerprint density at radius 2 is 2.33 bits per heavy atom. The minimum absolute atomic E-state index is 0.0282. The molecule has 0 amide bonds. The van der Waals surface area contributed by atoms with E-state index in [2.05, 4.69) is 6.58 Å². The fraction of sp³-hybridized carbons (Fsp3) is 0.556. The van der Waals surface area contributed by atoms with Crippen molar-refractivity contribution in [3.05, 3.63) is 12.7 Å². The Morgan fingerprint density at radius 1 is 1.67 bits per heavy atom. The third-order valence-electron chi connectivity index (χ3n) is 2.36. The van der Waals surface area contributed by atoms with E-state index >= 15 is 0 Å². The van der Waals surface area contributed by atoms with Gasteiger partial charge in [0.15, 0.2) is 0 Å². The smallest absolute Gasteiger partial charge is 0.139 e. The Kier molecular flexibility index (Phi) is 2.76. The summed E-state index contributed by atoms with van der Waals surface area (Å²) < 4.78 is 0. The van der Waals surface area contributed by atoms with Crippen LogP contribution in [0.4, 0.5) is 0 Å². The van der Waals surface area contributed by atoms with Gasteiger partial charge in [-0.25, -0.2) is 0 Å². The second-order valence-electron chi connectivity index (χ2n) is 3.06.